The van der Waals surface area contributed by atoms with E-state index in [1.165, 1.54) is 19.4 Å². The number of nitrogens with one attached hydrogen (secondary N) is 1. The van der Waals surface area contributed by atoms with Crippen LogP contribution in [-0.4, -0.2) is 44.6 Å². The summed E-state index contributed by atoms with van der Waals surface area (Å²) in [7, 11) is 0. The minimum Gasteiger partial charge on any atom is -0.306 e. The maximum Gasteiger partial charge on any atom is 0.0965 e. The molecule has 1 N–H and O–H groups in total. The summed E-state index contributed by atoms with van der Waals surface area (Å²) in [4.78, 5) is 2.59. The molecule has 0 radical (unpaired) electrons. The number of hydrogen-bond donors (Lipinski definition) is 1. The fourth-order valence-corrected chi connectivity index (χ4v) is 2.85. The number of hydrogen-bond acceptors (Lipinski definition) is 4. The summed E-state index contributed by atoms with van der Waals surface area (Å²) in [5.74, 6) is 0.807. The van der Waals surface area contributed by atoms with Gasteiger partial charge in [-0.25, -0.2) is 0 Å². The molecule has 0 bridgehead atoms. The molecule has 5 heteroatoms. The maximum atomic E-state index is 4.25. The van der Waals surface area contributed by atoms with Crippen LogP contribution in [-0.2, 0) is 13.1 Å². The Hall–Kier alpha value is -0.940. The van der Waals surface area contributed by atoms with E-state index in [0.29, 0.717) is 6.04 Å². The average Bonchev–Trinajstić information content (AvgIpc) is 2.85. The van der Waals surface area contributed by atoms with Crippen LogP contribution in [0.2, 0.25) is 0 Å². The fraction of sp³-hybridized carbons (Fsp3) is 0.875. The summed E-state index contributed by atoms with van der Waals surface area (Å²) in [6.07, 6.45) is 4.75. The first kappa shape index (κ1) is 16.4. The molecule has 1 fully saturated rings. The minimum absolute atomic E-state index is 0.114. The first-order valence-electron chi connectivity index (χ1n) is 8.23. The van der Waals surface area contributed by atoms with Gasteiger partial charge >= 0.3 is 0 Å². The lowest BCUT2D eigenvalue weighted by Gasteiger charge is -2.37. The molecule has 1 aliphatic heterocycles. The van der Waals surface area contributed by atoms with Crippen LogP contribution < -0.4 is 5.32 Å². The molecule has 1 aliphatic rings. The van der Waals surface area contributed by atoms with Gasteiger partial charge in [-0.05, 0) is 53.0 Å². The maximum absolute atomic E-state index is 4.25. The Morgan fingerprint density at radius 3 is 2.76 bits per heavy atom. The molecule has 2 rings (SSSR count). The van der Waals surface area contributed by atoms with E-state index in [-0.39, 0.29) is 5.54 Å². The van der Waals surface area contributed by atoms with Crippen LogP contribution >= 0.6 is 0 Å². The Labute approximate surface area is 129 Å². The normalized spacial score (nSPS) is 24.4. The number of aromatic nitrogens is 3. The molecular formula is C16H31N5. The van der Waals surface area contributed by atoms with E-state index in [2.05, 4.69) is 61.3 Å². The van der Waals surface area contributed by atoms with E-state index < -0.39 is 0 Å². The van der Waals surface area contributed by atoms with E-state index in [1.54, 1.807) is 0 Å². The van der Waals surface area contributed by atoms with Crippen molar-refractivity contribution in [2.45, 2.75) is 72.1 Å². The summed E-state index contributed by atoms with van der Waals surface area (Å²) in [6, 6.07) is 0.685. The monoisotopic (exact) mass is 293 g/mol. The standard InChI is InChI=1S/C16H31N5/c1-13-7-6-8-20(14(13)2)9-10-21-12-15(18-19-21)11-17-16(3,4)5/h12-14,17H,6-11H2,1-5H3. The zero-order valence-corrected chi connectivity index (χ0v) is 14.3. The van der Waals surface area contributed by atoms with Crippen molar-refractivity contribution in [2.75, 3.05) is 13.1 Å². The highest BCUT2D eigenvalue weighted by molar-refractivity contribution is 4.93. The Kier molecular flexibility index (Phi) is 5.38. The summed E-state index contributed by atoms with van der Waals surface area (Å²) < 4.78 is 1.98. The van der Waals surface area contributed by atoms with Gasteiger partial charge in [-0.1, -0.05) is 12.1 Å². The first-order valence-corrected chi connectivity index (χ1v) is 8.23. The number of piperidine rings is 1. The van der Waals surface area contributed by atoms with Crippen molar-refractivity contribution in [3.05, 3.63) is 11.9 Å². The van der Waals surface area contributed by atoms with Crippen molar-refractivity contribution in [1.82, 2.24) is 25.2 Å². The molecule has 21 heavy (non-hydrogen) atoms. The molecule has 0 aliphatic carbocycles. The molecule has 0 spiro atoms. The molecule has 120 valence electrons. The van der Waals surface area contributed by atoms with Crippen molar-refractivity contribution in [3.8, 4) is 0 Å². The lowest BCUT2D eigenvalue weighted by molar-refractivity contribution is 0.108. The second-order valence-electron chi connectivity index (χ2n) is 7.47. The topological polar surface area (TPSA) is 46.0 Å². The van der Waals surface area contributed by atoms with Crippen LogP contribution in [0.5, 0.6) is 0 Å². The molecule has 2 atom stereocenters. The number of nitrogens with zero attached hydrogens (tertiary/aromatic N) is 4. The van der Waals surface area contributed by atoms with Gasteiger partial charge in [0.2, 0.25) is 0 Å². The molecule has 1 aromatic rings. The Morgan fingerprint density at radius 2 is 2.05 bits per heavy atom. The Bertz CT molecular complexity index is 434. The van der Waals surface area contributed by atoms with Crippen LogP contribution in [0, 0.1) is 5.92 Å². The van der Waals surface area contributed by atoms with Crippen molar-refractivity contribution in [2.24, 2.45) is 5.92 Å². The molecule has 2 unspecified atom stereocenters. The smallest absolute Gasteiger partial charge is 0.0965 e. The van der Waals surface area contributed by atoms with Crippen molar-refractivity contribution < 1.29 is 0 Å². The van der Waals surface area contributed by atoms with Crippen LogP contribution in [0.3, 0.4) is 0 Å². The lowest BCUT2D eigenvalue weighted by atomic mass is 9.92. The molecule has 2 heterocycles. The van der Waals surface area contributed by atoms with E-state index in [4.69, 9.17) is 0 Å². The SMILES string of the molecule is CC1CCCN(CCn2cc(CNC(C)(C)C)nn2)C1C. The highest BCUT2D eigenvalue weighted by Crippen LogP contribution is 2.22. The number of likely N-dealkylation sites (tertiary alicyclic amines) is 1. The highest BCUT2D eigenvalue weighted by Gasteiger charge is 2.24. The third-order valence-corrected chi connectivity index (χ3v) is 4.51. The first-order chi connectivity index (χ1) is 9.85. The van der Waals surface area contributed by atoms with Crippen LogP contribution in [0.15, 0.2) is 6.20 Å². The summed E-state index contributed by atoms with van der Waals surface area (Å²) >= 11 is 0. The zero-order valence-electron chi connectivity index (χ0n) is 14.3. The molecule has 0 amide bonds. The van der Waals surface area contributed by atoms with Crippen molar-refractivity contribution in [1.29, 1.82) is 0 Å². The van der Waals surface area contributed by atoms with Gasteiger partial charge in [0, 0.05) is 30.9 Å². The summed E-state index contributed by atoms with van der Waals surface area (Å²) in [5.41, 5.74) is 1.13. The summed E-state index contributed by atoms with van der Waals surface area (Å²) in [5, 5.41) is 11.9. The number of rotatable bonds is 5. The van der Waals surface area contributed by atoms with Crippen molar-refractivity contribution in [3.63, 3.8) is 0 Å². The minimum atomic E-state index is 0.114. The van der Waals surface area contributed by atoms with E-state index in [9.17, 15) is 0 Å². The van der Waals surface area contributed by atoms with E-state index in [0.717, 1.165) is 31.2 Å². The fourth-order valence-electron chi connectivity index (χ4n) is 2.85. The molecule has 1 saturated heterocycles. The molecule has 1 aromatic heterocycles. The third-order valence-electron chi connectivity index (χ3n) is 4.51. The average molecular weight is 293 g/mol. The Morgan fingerprint density at radius 1 is 1.29 bits per heavy atom. The largest absolute Gasteiger partial charge is 0.306 e. The van der Waals surface area contributed by atoms with Gasteiger partial charge in [0.05, 0.1) is 12.2 Å². The second-order valence-corrected chi connectivity index (χ2v) is 7.47. The molecule has 5 nitrogen and oxygen atoms in total. The Balaban J connectivity index is 1.80. The van der Waals surface area contributed by atoms with Gasteiger partial charge in [0.15, 0.2) is 0 Å². The van der Waals surface area contributed by atoms with Gasteiger partial charge in [-0.2, -0.15) is 0 Å². The highest BCUT2D eigenvalue weighted by atomic mass is 15.4. The zero-order chi connectivity index (χ0) is 15.5. The van der Waals surface area contributed by atoms with Crippen LogP contribution in [0.4, 0.5) is 0 Å². The lowest BCUT2D eigenvalue weighted by Crippen LogP contribution is -2.43. The van der Waals surface area contributed by atoms with Gasteiger partial charge in [0.25, 0.3) is 0 Å². The van der Waals surface area contributed by atoms with E-state index in [1.807, 2.05) is 4.68 Å². The predicted molar refractivity (Wildman–Crippen MR) is 86.0 cm³/mol. The summed E-state index contributed by atoms with van der Waals surface area (Å²) in [6.45, 7) is 15.2. The van der Waals surface area contributed by atoms with Crippen LogP contribution in [0.1, 0.15) is 53.2 Å². The van der Waals surface area contributed by atoms with Crippen molar-refractivity contribution >= 4 is 0 Å². The predicted octanol–water partition coefficient (Wildman–Crippen LogP) is 2.29. The van der Waals surface area contributed by atoms with Gasteiger partial charge in [-0.15, -0.1) is 5.10 Å². The van der Waals surface area contributed by atoms with Gasteiger partial charge < -0.3 is 5.32 Å². The molecule has 0 saturated carbocycles. The van der Waals surface area contributed by atoms with Gasteiger partial charge in [0.1, 0.15) is 0 Å². The van der Waals surface area contributed by atoms with Crippen LogP contribution in [0.25, 0.3) is 0 Å². The second kappa shape index (κ2) is 6.88. The molecular weight excluding hydrogens is 262 g/mol. The van der Waals surface area contributed by atoms with Gasteiger partial charge in [-0.3, -0.25) is 9.58 Å². The quantitative estimate of drug-likeness (QED) is 0.905. The molecule has 0 aromatic carbocycles. The van der Waals surface area contributed by atoms with E-state index >= 15 is 0 Å². The third kappa shape index (κ3) is 5.08.